The van der Waals surface area contributed by atoms with Gasteiger partial charge < -0.3 is 4.79 Å². The molecule has 1 heteroatoms. The van der Waals surface area contributed by atoms with Gasteiger partial charge in [-0.3, -0.25) is 0 Å². The maximum absolute atomic E-state index is 9.44. The lowest BCUT2D eigenvalue weighted by molar-refractivity contribution is -0.114. The zero-order chi connectivity index (χ0) is 19.3. The number of rotatable bonds is 3. The van der Waals surface area contributed by atoms with Gasteiger partial charge in [0.2, 0.25) is 0 Å². The molecule has 0 saturated carbocycles. The van der Waals surface area contributed by atoms with E-state index in [1.165, 1.54) is 37.8 Å². The van der Waals surface area contributed by atoms with Crippen molar-refractivity contribution in [3.05, 3.63) is 35.4 Å². The van der Waals surface area contributed by atoms with Crippen LogP contribution in [-0.2, 0) is 11.2 Å². The highest BCUT2D eigenvalue weighted by Gasteiger charge is 1.86. The van der Waals surface area contributed by atoms with E-state index < -0.39 is 0 Å². The first-order chi connectivity index (χ1) is 10.8. The minimum Gasteiger partial charge on any atom is -0.300 e. The van der Waals surface area contributed by atoms with E-state index in [1.54, 1.807) is 0 Å². The monoisotopic (exact) mass is 324 g/mol. The molecule has 1 rings (SSSR count). The van der Waals surface area contributed by atoms with Gasteiger partial charge in [0.25, 0.3) is 0 Å². The molecule has 0 spiro atoms. The third kappa shape index (κ3) is 38.6. The fraction of sp³-hybridized carbons (Fsp3) is 0.682. The summed E-state index contributed by atoms with van der Waals surface area (Å²) >= 11 is 0. The van der Waals surface area contributed by atoms with Gasteiger partial charge in [-0.1, -0.05) is 98.1 Å². The molecule has 1 aromatic rings. The molecule has 1 nitrogen and oxygen atoms in total. The topological polar surface area (TPSA) is 17.1 Å². The molecule has 0 aliphatic rings. The molecule has 138 valence electrons. The Bertz CT molecular complexity index is 322. The van der Waals surface area contributed by atoms with E-state index in [9.17, 15) is 4.79 Å². The molecule has 0 unspecified atom stereocenters. The van der Waals surface area contributed by atoms with E-state index >= 15 is 0 Å². The van der Waals surface area contributed by atoms with Crippen LogP contribution in [0, 0.1) is 12.8 Å². The van der Waals surface area contributed by atoms with Gasteiger partial charge in [0.1, 0.15) is 5.78 Å². The fourth-order valence-corrected chi connectivity index (χ4v) is 1.51. The Kier molecular flexibility index (Phi) is 33.5. The molecule has 0 amide bonds. The molecule has 0 atom stereocenters. The van der Waals surface area contributed by atoms with Crippen LogP contribution in [0.1, 0.15) is 93.2 Å². The number of carbonyl (C=O) groups is 1. The van der Waals surface area contributed by atoms with Crippen LogP contribution in [0.5, 0.6) is 0 Å². The lowest BCUT2D eigenvalue weighted by Crippen LogP contribution is -1.81. The van der Waals surface area contributed by atoms with E-state index in [0.29, 0.717) is 0 Å². The Morgan fingerprint density at radius 1 is 1.00 bits per heavy atom. The van der Waals surface area contributed by atoms with Crippen molar-refractivity contribution in [1.29, 1.82) is 0 Å². The summed E-state index contributed by atoms with van der Waals surface area (Å²) < 4.78 is 0. The average Bonchev–Trinajstić information content (AvgIpc) is 2.51. The first-order valence-corrected chi connectivity index (χ1v) is 9.36. The van der Waals surface area contributed by atoms with Gasteiger partial charge in [-0.2, -0.15) is 0 Å². The van der Waals surface area contributed by atoms with Crippen molar-refractivity contribution in [2.75, 3.05) is 0 Å². The Hall–Kier alpha value is -1.11. The molecule has 1 aromatic carbocycles. The molecular formula is C22H44O. The number of carbonyl (C=O) groups excluding carboxylic acids is 1. The van der Waals surface area contributed by atoms with Gasteiger partial charge in [-0.15, -0.1) is 0 Å². The third-order valence-electron chi connectivity index (χ3n) is 2.36. The second-order valence-corrected chi connectivity index (χ2v) is 5.43. The summed E-state index contributed by atoms with van der Waals surface area (Å²) in [6, 6.07) is 8.61. The van der Waals surface area contributed by atoms with Crippen molar-refractivity contribution in [2.45, 2.75) is 95.4 Å². The van der Waals surface area contributed by atoms with Crippen LogP contribution in [0.25, 0.3) is 0 Å². The SMILES string of the molecule is CC.CC.CC(C)=O.CCCC(C)C.CCc1cccc(C)c1. The van der Waals surface area contributed by atoms with E-state index in [-0.39, 0.29) is 5.78 Å². The van der Waals surface area contributed by atoms with Crippen LogP contribution >= 0.6 is 0 Å². The van der Waals surface area contributed by atoms with Crippen LogP contribution in [0.4, 0.5) is 0 Å². The van der Waals surface area contributed by atoms with Gasteiger partial charge in [-0.05, 0) is 38.7 Å². The molecule has 0 aromatic heterocycles. The van der Waals surface area contributed by atoms with Crippen LogP contribution in [0.15, 0.2) is 24.3 Å². The van der Waals surface area contributed by atoms with E-state index in [0.717, 1.165) is 12.3 Å². The van der Waals surface area contributed by atoms with Gasteiger partial charge in [0.05, 0.1) is 0 Å². The van der Waals surface area contributed by atoms with Gasteiger partial charge in [-0.25, -0.2) is 0 Å². The number of Topliss-reactive ketones (excluding diaryl/α,β-unsaturated/α-hetero) is 1. The molecule has 0 fully saturated rings. The number of aryl methyl sites for hydroxylation is 2. The predicted molar refractivity (Wildman–Crippen MR) is 109 cm³/mol. The quantitative estimate of drug-likeness (QED) is 0.558. The van der Waals surface area contributed by atoms with Crippen LogP contribution < -0.4 is 0 Å². The molecule has 0 heterocycles. The first kappa shape index (κ1) is 29.8. The molecular weight excluding hydrogens is 280 g/mol. The number of hydrogen-bond acceptors (Lipinski definition) is 1. The van der Waals surface area contributed by atoms with E-state index in [4.69, 9.17) is 0 Å². The summed E-state index contributed by atoms with van der Waals surface area (Å²) in [4.78, 5) is 9.44. The van der Waals surface area contributed by atoms with Crippen molar-refractivity contribution >= 4 is 5.78 Å². The standard InChI is InChI=1S/C9H12.C6H14.C3H6O.2C2H6/c1-3-9-6-4-5-8(2)7-9;1-4-5-6(2)3;1-3(2)4;2*1-2/h4-7H,3H2,1-2H3;6H,4-5H2,1-3H3;1-2H3;2*1-2H3. The molecule has 0 saturated heterocycles. The highest BCUT2D eigenvalue weighted by Crippen LogP contribution is 2.03. The highest BCUT2D eigenvalue weighted by atomic mass is 16.1. The summed E-state index contributed by atoms with van der Waals surface area (Å²) in [6.45, 7) is 22.1. The second-order valence-electron chi connectivity index (χ2n) is 5.43. The molecule has 0 bridgehead atoms. The predicted octanol–water partition coefficient (Wildman–Crippen LogP) is 7.65. The smallest absolute Gasteiger partial charge is 0.126 e. The Labute approximate surface area is 147 Å². The summed E-state index contributed by atoms with van der Waals surface area (Å²) in [5.74, 6) is 1.06. The molecule has 0 radical (unpaired) electrons. The minimum absolute atomic E-state index is 0.167. The van der Waals surface area contributed by atoms with Crippen molar-refractivity contribution in [1.82, 2.24) is 0 Å². The van der Waals surface area contributed by atoms with E-state index in [1.807, 2.05) is 27.7 Å². The Morgan fingerprint density at radius 2 is 1.43 bits per heavy atom. The Morgan fingerprint density at radius 3 is 1.61 bits per heavy atom. The normalized spacial score (nSPS) is 8.00. The lowest BCUT2D eigenvalue weighted by atomic mass is 10.1. The van der Waals surface area contributed by atoms with E-state index in [2.05, 4.69) is 58.9 Å². The zero-order valence-corrected chi connectivity index (χ0v) is 17.9. The van der Waals surface area contributed by atoms with Crippen LogP contribution in [0.2, 0.25) is 0 Å². The minimum atomic E-state index is 0.167. The van der Waals surface area contributed by atoms with Crippen LogP contribution in [-0.4, -0.2) is 5.78 Å². The average molecular weight is 325 g/mol. The number of benzene rings is 1. The second kappa shape index (κ2) is 25.8. The van der Waals surface area contributed by atoms with Crippen molar-refractivity contribution in [3.63, 3.8) is 0 Å². The zero-order valence-electron chi connectivity index (χ0n) is 17.9. The summed E-state index contributed by atoms with van der Waals surface area (Å²) in [5.41, 5.74) is 2.78. The Balaban J connectivity index is -0.000000113. The fourth-order valence-electron chi connectivity index (χ4n) is 1.51. The molecule has 0 N–H and O–H groups in total. The number of ketones is 1. The largest absolute Gasteiger partial charge is 0.300 e. The van der Waals surface area contributed by atoms with Gasteiger partial charge in [0, 0.05) is 0 Å². The van der Waals surface area contributed by atoms with Crippen molar-refractivity contribution < 1.29 is 4.79 Å². The summed E-state index contributed by atoms with van der Waals surface area (Å²) in [5, 5.41) is 0. The maximum Gasteiger partial charge on any atom is 0.126 e. The molecule has 0 aliphatic heterocycles. The lowest BCUT2D eigenvalue weighted by Gasteiger charge is -1.95. The first-order valence-electron chi connectivity index (χ1n) is 9.36. The molecule has 23 heavy (non-hydrogen) atoms. The summed E-state index contributed by atoms with van der Waals surface area (Å²) in [7, 11) is 0. The van der Waals surface area contributed by atoms with Crippen molar-refractivity contribution in [3.8, 4) is 0 Å². The molecule has 0 aliphatic carbocycles. The van der Waals surface area contributed by atoms with Gasteiger partial charge in [0.15, 0.2) is 0 Å². The highest BCUT2D eigenvalue weighted by molar-refractivity contribution is 5.72. The van der Waals surface area contributed by atoms with Crippen LogP contribution in [0.3, 0.4) is 0 Å². The van der Waals surface area contributed by atoms with Gasteiger partial charge >= 0.3 is 0 Å². The summed E-state index contributed by atoms with van der Waals surface area (Å²) in [6.07, 6.45) is 3.85. The number of hydrogen-bond donors (Lipinski definition) is 0. The van der Waals surface area contributed by atoms with Crippen molar-refractivity contribution in [2.24, 2.45) is 5.92 Å². The maximum atomic E-state index is 9.44. The third-order valence-corrected chi connectivity index (χ3v) is 2.36.